The van der Waals surface area contributed by atoms with Gasteiger partial charge in [-0.1, -0.05) is 11.6 Å². The Morgan fingerprint density at radius 3 is 2.39 bits per heavy atom. The number of rotatable bonds is 4. The SMILES string of the molecule is C[C@H](N)Cn1ccc2cc(F)c(Cl)cc21.O=C(O)/C=C\C(=O)O. The molecule has 1 heterocycles. The molecule has 8 heteroatoms. The van der Waals surface area contributed by atoms with Crippen molar-refractivity contribution in [1.29, 1.82) is 0 Å². The first-order valence-corrected chi connectivity index (χ1v) is 6.92. The highest BCUT2D eigenvalue weighted by atomic mass is 35.5. The van der Waals surface area contributed by atoms with E-state index in [1.54, 1.807) is 6.07 Å². The molecule has 2 aromatic rings. The lowest BCUT2D eigenvalue weighted by molar-refractivity contribution is -0.134. The van der Waals surface area contributed by atoms with E-state index in [1.807, 2.05) is 23.8 Å². The van der Waals surface area contributed by atoms with Crippen LogP contribution in [0.2, 0.25) is 5.02 Å². The Bertz CT molecular complexity index is 724. The van der Waals surface area contributed by atoms with Crippen LogP contribution in [0.15, 0.2) is 36.5 Å². The van der Waals surface area contributed by atoms with Crippen LogP contribution in [0.4, 0.5) is 4.39 Å². The van der Waals surface area contributed by atoms with Gasteiger partial charge in [-0.2, -0.15) is 0 Å². The van der Waals surface area contributed by atoms with Crippen molar-refractivity contribution >= 4 is 34.4 Å². The van der Waals surface area contributed by atoms with Gasteiger partial charge in [0.25, 0.3) is 0 Å². The lowest BCUT2D eigenvalue weighted by Crippen LogP contribution is -2.21. The summed E-state index contributed by atoms with van der Waals surface area (Å²) in [5.74, 6) is -2.90. The molecule has 0 unspecified atom stereocenters. The molecule has 0 saturated heterocycles. The standard InChI is InChI=1S/C11H12ClFN2.C4H4O4/c1-7(14)6-15-3-2-8-4-10(13)9(12)5-11(8)15;5-3(6)1-2-4(7)8/h2-5,7H,6,14H2,1H3;1-2H,(H,5,6)(H,7,8)/b;2-1-/t7-;/m0./s1. The second kappa shape index (κ2) is 8.30. The predicted molar refractivity (Wildman–Crippen MR) is 85.0 cm³/mol. The highest BCUT2D eigenvalue weighted by Gasteiger charge is 2.07. The molecule has 0 bridgehead atoms. The van der Waals surface area contributed by atoms with Gasteiger partial charge in [0.15, 0.2) is 0 Å². The Kier molecular flexibility index (Phi) is 6.74. The Morgan fingerprint density at radius 2 is 1.91 bits per heavy atom. The van der Waals surface area contributed by atoms with E-state index in [4.69, 9.17) is 27.5 Å². The molecule has 0 amide bonds. The normalized spacial score (nSPS) is 12.0. The number of hydrogen-bond acceptors (Lipinski definition) is 3. The number of carbonyl (C=O) groups is 2. The molecule has 1 atom stereocenters. The number of halogens is 2. The van der Waals surface area contributed by atoms with Crippen LogP contribution in [0.25, 0.3) is 10.9 Å². The van der Waals surface area contributed by atoms with E-state index in [2.05, 4.69) is 0 Å². The van der Waals surface area contributed by atoms with E-state index in [0.717, 1.165) is 10.9 Å². The molecule has 1 aromatic heterocycles. The fourth-order valence-electron chi connectivity index (χ4n) is 1.80. The van der Waals surface area contributed by atoms with Crippen molar-refractivity contribution in [2.24, 2.45) is 5.73 Å². The summed E-state index contributed by atoms with van der Waals surface area (Å²) in [5.41, 5.74) is 6.63. The van der Waals surface area contributed by atoms with Crippen LogP contribution in [0, 0.1) is 5.82 Å². The molecule has 0 spiro atoms. The van der Waals surface area contributed by atoms with E-state index < -0.39 is 11.9 Å². The Balaban J connectivity index is 0.000000284. The van der Waals surface area contributed by atoms with Crippen LogP contribution >= 0.6 is 11.6 Å². The number of carboxylic acid groups (broad SMARTS) is 2. The summed E-state index contributed by atoms with van der Waals surface area (Å²) in [7, 11) is 0. The molecule has 0 aliphatic heterocycles. The molecule has 0 fully saturated rings. The third-order valence-electron chi connectivity index (χ3n) is 2.67. The van der Waals surface area contributed by atoms with Gasteiger partial charge >= 0.3 is 11.9 Å². The summed E-state index contributed by atoms with van der Waals surface area (Å²) < 4.78 is 15.1. The van der Waals surface area contributed by atoms with Crippen molar-refractivity contribution in [2.45, 2.75) is 19.5 Å². The number of fused-ring (bicyclic) bond motifs is 1. The summed E-state index contributed by atoms with van der Waals surface area (Å²) in [4.78, 5) is 19.1. The topological polar surface area (TPSA) is 106 Å². The Morgan fingerprint density at radius 1 is 1.35 bits per heavy atom. The molecule has 23 heavy (non-hydrogen) atoms. The van der Waals surface area contributed by atoms with E-state index in [0.29, 0.717) is 18.7 Å². The van der Waals surface area contributed by atoms with Gasteiger partial charge in [0.2, 0.25) is 0 Å². The van der Waals surface area contributed by atoms with Gasteiger partial charge in [-0.3, -0.25) is 0 Å². The molecular formula is C15H16ClFN2O4. The van der Waals surface area contributed by atoms with Crippen LogP contribution in [-0.4, -0.2) is 32.8 Å². The minimum Gasteiger partial charge on any atom is -0.478 e. The summed E-state index contributed by atoms with van der Waals surface area (Å²) in [5, 5.41) is 16.6. The zero-order chi connectivity index (χ0) is 17.6. The fraction of sp³-hybridized carbons (Fsp3) is 0.200. The zero-order valence-electron chi connectivity index (χ0n) is 12.2. The van der Waals surface area contributed by atoms with Crippen molar-refractivity contribution in [2.75, 3.05) is 0 Å². The second-order valence-electron chi connectivity index (χ2n) is 4.78. The minimum atomic E-state index is -1.26. The summed E-state index contributed by atoms with van der Waals surface area (Å²) in [6.45, 7) is 2.63. The van der Waals surface area contributed by atoms with E-state index in [-0.39, 0.29) is 16.9 Å². The largest absolute Gasteiger partial charge is 0.478 e. The molecule has 4 N–H and O–H groups in total. The highest BCUT2D eigenvalue weighted by molar-refractivity contribution is 6.31. The maximum absolute atomic E-state index is 13.2. The molecule has 1 aromatic carbocycles. The Labute approximate surface area is 136 Å². The lowest BCUT2D eigenvalue weighted by Gasteiger charge is -2.08. The summed E-state index contributed by atoms with van der Waals surface area (Å²) >= 11 is 5.73. The first-order chi connectivity index (χ1) is 10.7. The van der Waals surface area contributed by atoms with Crippen LogP contribution < -0.4 is 5.73 Å². The molecule has 0 aliphatic rings. The number of nitrogens with zero attached hydrogens (tertiary/aromatic N) is 1. The van der Waals surface area contributed by atoms with Crippen LogP contribution in [0.5, 0.6) is 0 Å². The third-order valence-corrected chi connectivity index (χ3v) is 2.96. The van der Waals surface area contributed by atoms with Crippen molar-refractivity contribution in [3.8, 4) is 0 Å². The quantitative estimate of drug-likeness (QED) is 0.740. The van der Waals surface area contributed by atoms with Gasteiger partial charge in [-0.25, -0.2) is 14.0 Å². The maximum atomic E-state index is 13.2. The Hall–Kier alpha value is -2.38. The van der Waals surface area contributed by atoms with Crippen LogP contribution in [0.1, 0.15) is 6.92 Å². The lowest BCUT2D eigenvalue weighted by atomic mass is 10.2. The van der Waals surface area contributed by atoms with Gasteiger partial charge in [0, 0.05) is 41.8 Å². The number of aliphatic carboxylic acids is 2. The van der Waals surface area contributed by atoms with Crippen LogP contribution in [-0.2, 0) is 16.1 Å². The zero-order valence-corrected chi connectivity index (χ0v) is 13.0. The predicted octanol–water partition coefficient (Wildman–Crippen LogP) is 2.49. The fourth-order valence-corrected chi connectivity index (χ4v) is 1.95. The van der Waals surface area contributed by atoms with Crippen LogP contribution in [0.3, 0.4) is 0 Å². The number of nitrogens with two attached hydrogens (primary N) is 1. The van der Waals surface area contributed by atoms with Gasteiger partial charge in [0.1, 0.15) is 5.82 Å². The number of benzene rings is 1. The molecule has 0 saturated carbocycles. The number of aromatic nitrogens is 1. The number of carboxylic acids is 2. The molecular weight excluding hydrogens is 327 g/mol. The van der Waals surface area contributed by atoms with Gasteiger partial charge in [-0.05, 0) is 25.1 Å². The second-order valence-corrected chi connectivity index (χ2v) is 5.19. The van der Waals surface area contributed by atoms with Crippen molar-refractivity contribution in [3.63, 3.8) is 0 Å². The minimum absolute atomic E-state index is 0.0597. The molecule has 0 aliphatic carbocycles. The molecule has 6 nitrogen and oxygen atoms in total. The number of hydrogen-bond donors (Lipinski definition) is 3. The maximum Gasteiger partial charge on any atom is 0.328 e. The average Bonchev–Trinajstić information content (AvgIpc) is 2.79. The molecule has 0 radical (unpaired) electrons. The molecule has 124 valence electrons. The van der Waals surface area contributed by atoms with Gasteiger partial charge < -0.3 is 20.5 Å². The molecule has 2 rings (SSSR count). The van der Waals surface area contributed by atoms with E-state index >= 15 is 0 Å². The monoisotopic (exact) mass is 342 g/mol. The smallest absolute Gasteiger partial charge is 0.328 e. The van der Waals surface area contributed by atoms with E-state index in [9.17, 15) is 14.0 Å². The first kappa shape index (κ1) is 18.7. The van der Waals surface area contributed by atoms with Crippen molar-refractivity contribution in [1.82, 2.24) is 4.57 Å². The average molecular weight is 343 g/mol. The first-order valence-electron chi connectivity index (χ1n) is 6.54. The van der Waals surface area contributed by atoms with Crippen molar-refractivity contribution < 1.29 is 24.2 Å². The third kappa shape index (κ3) is 6.09. The van der Waals surface area contributed by atoms with Gasteiger partial charge in [-0.15, -0.1) is 0 Å². The van der Waals surface area contributed by atoms with Crippen molar-refractivity contribution in [3.05, 3.63) is 47.4 Å². The summed E-state index contributed by atoms with van der Waals surface area (Å²) in [6.07, 6.45) is 3.01. The highest BCUT2D eigenvalue weighted by Crippen LogP contribution is 2.23. The van der Waals surface area contributed by atoms with E-state index in [1.165, 1.54) is 6.07 Å². The summed E-state index contributed by atoms with van der Waals surface area (Å²) in [6, 6.07) is 4.99. The van der Waals surface area contributed by atoms with Gasteiger partial charge in [0.05, 0.1) is 5.02 Å².